The second kappa shape index (κ2) is 9.00. The maximum absolute atomic E-state index is 12.9. The molecule has 0 aliphatic carbocycles. The number of hydrazine groups is 1. The second-order valence-electron chi connectivity index (χ2n) is 7.62. The Balaban J connectivity index is 1.55. The number of benzene rings is 1. The van der Waals surface area contributed by atoms with Crippen LogP contribution in [-0.2, 0) is 19.6 Å². The third-order valence-corrected chi connectivity index (χ3v) is 6.79. The van der Waals surface area contributed by atoms with Gasteiger partial charge in [0.15, 0.2) is 11.5 Å². The molecule has 0 radical (unpaired) electrons. The zero-order valence-corrected chi connectivity index (χ0v) is 17.5. The van der Waals surface area contributed by atoms with E-state index >= 15 is 0 Å². The molecule has 160 valence electrons. The lowest BCUT2D eigenvalue weighted by molar-refractivity contribution is -0.132. The van der Waals surface area contributed by atoms with Gasteiger partial charge in [0.1, 0.15) is 13.2 Å². The Bertz CT molecular complexity index is 863. The van der Waals surface area contributed by atoms with Gasteiger partial charge in [-0.1, -0.05) is 13.8 Å². The molecular weight excluding hydrogens is 398 g/mol. The minimum atomic E-state index is -3.69. The first-order chi connectivity index (χ1) is 13.8. The van der Waals surface area contributed by atoms with Crippen molar-refractivity contribution in [3.05, 3.63) is 18.2 Å². The maximum atomic E-state index is 12.9. The SMILES string of the molecule is CC(C)CC(=O)NNC(=O)C1CCN(S(=O)(=O)c2ccc3c(c2)OCCO3)CC1. The quantitative estimate of drug-likeness (QED) is 0.682. The van der Waals surface area contributed by atoms with Crippen molar-refractivity contribution in [2.45, 2.75) is 38.0 Å². The van der Waals surface area contributed by atoms with Crippen molar-refractivity contribution in [1.82, 2.24) is 15.2 Å². The highest BCUT2D eigenvalue weighted by atomic mass is 32.2. The van der Waals surface area contributed by atoms with Crippen molar-refractivity contribution in [2.75, 3.05) is 26.3 Å². The number of carbonyl (C=O) groups is 2. The number of carbonyl (C=O) groups excluding carboxylic acids is 2. The smallest absolute Gasteiger partial charge is 0.243 e. The molecule has 10 heteroatoms. The van der Waals surface area contributed by atoms with Gasteiger partial charge < -0.3 is 9.47 Å². The predicted octanol–water partition coefficient (Wildman–Crippen LogP) is 1.05. The number of nitrogens with one attached hydrogen (secondary N) is 2. The molecule has 1 aromatic carbocycles. The summed E-state index contributed by atoms with van der Waals surface area (Å²) in [6.07, 6.45) is 1.10. The molecule has 29 heavy (non-hydrogen) atoms. The molecule has 1 fully saturated rings. The fraction of sp³-hybridized carbons (Fsp3) is 0.579. The van der Waals surface area contributed by atoms with Gasteiger partial charge in [0.25, 0.3) is 0 Å². The molecule has 3 rings (SSSR count). The van der Waals surface area contributed by atoms with E-state index in [1.54, 1.807) is 6.07 Å². The van der Waals surface area contributed by atoms with Crippen LogP contribution in [0.5, 0.6) is 11.5 Å². The van der Waals surface area contributed by atoms with Gasteiger partial charge in [-0.3, -0.25) is 20.4 Å². The summed E-state index contributed by atoms with van der Waals surface area (Å²) in [5, 5.41) is 0. The molecule has 1 saturated heterocycles. The highest BCUT2D eigenvalue weighted by molar-refractivity contribution is 7.89. The van der Waals surface area contributed by atoms with E-state index in [-0.39, 0.29) is 41.6 Å². The van der Waals surface area contributed by atoms with E-state index in [0.717, 1.165) is 0 Å². The average Bonchev–Trinajstić information content (AvgIpc) is 2.71. The van der Waals surface area contributed by atoms with E-state index < -0.39 is 10.0 Å². The summed E-state index contributed by atoms with van der Waals surface area (Å²) in [5.74, 6) is 0.265. The minimum absolute atomic E-state index is 0.144. The Kier molecular flexibility index (Phi) is 6.63. The molecule has 0 aromatic heterocycles. The summed E-state index contributed by atoms with van der Waals surface area (Å²) in [7, 11) is -3.69. The van der Waals surface area contributed by atoms with Gasteiger partial charge >= 0.3 is 0 Å². The summed E-state index contributed by atoms with van der Waals surface area (Å²) >= 11 is 0. The molecule has 2 N–H and O–H groups in total. The largest absolute Gasteiger partial charge is 0.486 e. The lowest BCUT2D eigenvalue weighted by Gasteiger charge is -2.30. The van der Waals surface area contributed by atoms with Gasteiger partial charge in [0.05, 0.1) is 4.90 Å². The molecule has 2 aliphatic rings. The molecule has 9 nitrogen and oxygen atoms in total. The molecule has 0 spiro atoms. The van der Waals surface area contributed by atoms with Gasteiger partial charge in [-0.25, -0.2) is 8.42 Å². The highest BCUT2D eigenvalue weighted by Gasteiger charge is 2.33. The Morgan fingerprint density at radius 2 is 1.76 bits per heavy atom. The van der Waals surface area contributed by atoms with Crippen molar-refractivity contribution in [1.29, 1.82) is 0 Å². The van der Waals surface area contributed by atoms with Crippen LogP contribution in [0.3, 0.4) is 0 Å². The standard InChI is InChI=1S/C19H27N3O6S/c1-13(2)11-18(23)20-21-19(24)14-5-7-22(8-6-14)29(25,26)15-3-4-16-17(12-15)28-10-9-27-16/h3-4,12-14H,5-11H2,1-2H3,(H,20,23)(H,21,24). The molecule has 2 amide bonds. The highest BCUT2D eigenvalue weighted by Crippen LogP contribution is 2.34. The maximum Gasteiger partial charge on any atom is 0.243 e. The van der Waals surface area contributed by atoms with E-state index in [0.29, 0.717) is 44.0 Å². The zero-order chi connectivity index (χ0) is 21.0. The van der Waals surface area contributed by atoms with Crippen molar-refractivity contribution in [3.8, 4) is 11.5 Å². The van der Waals surface area contributed by atoms with E-state index in [9.17, 15) is 18.0 Å². The van der Waals surface area contributed by atoms with Crippen LogP contribution in [0.1, 0.15) is 33.1 Å². The molecule has 0 atom stereocenters. The summed E-state index contributed by atoms with van der Waals surface area (Å²) in [6, 6.07) is 4.58. The number of hydrogen-bond acceptors (Lipinski definition) is 6. The van der Waals surface area contributed by atoms with Gasteiger partial charge in [-0.2, -0.15) is 4.31 Å². The van der Waals surface area contributed by atoms with Gasteiger partial charge in [-0.15, -0.1) is 0 Å². The monoisotopic (exact) mass is 425 g/mol. The van der Waals surface area contributed by atoms with Gasteiger partial charge in [0.2, 0.25) is 21.8 Å². The fourth-order valence-corrected chi connectivity index (χ4v) is 4.83. The number of hydrogen-bond donors (Lipinski definition) is 2. The van der Waals surface area contributed by atoms with Crippen LogP contribution < -0.4 is 20.3 Å². The Morgan fingerprint density at radius 3 is 2.41 bits per heavy atom. The third kappa shape index (κ3) is 5.18. The molecule has 0 bridgehead atoms. The Labute approximate surface area is 170 Å². The topological polar surface area (TPSA) is 114 Å². The first-order valence-corrected chi connectivity index (χ1v) is 11.2. The Hall–Kier alpha value is -2.33. The van der Waals surface area contributed by atoms with Crippen LogP contribution in [0.2, 0.25) is 0 Å². The first kappa shape index (κ1) is 21.4. The summed E-state index contributed by atoms with van der Waals surface area (Å²) in [5.41, 5.74) is 4.85. The van der Waals surface area contributed by atoms with E-state index in [4.69, 9.17) is 9.47 Å². The first-order valence-electron chi connectivity index (χ1n) is 9.76. The molecule has 1 aromatic rings. The number of rotatable bonds is 5. The molecular formula is C19H27N3O6S. The van der Waals surface area contributed by atoms with Crippen molar-refractivity contribution >= 4 is 21.8 Å². The summed E-state index contributed by atoms with van der Waals surface area (Å²) < 4.78 is 38.2. The van der Waals surface area contributed by atoms with Crippen molar-refractivity contribution < 1.29 is 27.5 Å². The van der Waals surface area contributed by atoms with Crippen molar-refractivity contribution in [2.24, 2.45) is 11.8 Å². The van der Waals surface area contributed by atoms with Crippen LogP contribution in [0.15, 0.2) is 23.1 Å². The number of sulfonamides is 1. The lowest BCUT2D eigenvalue weighted by Crippen LogP contribution is -2.48. The average molecular weight is 426 g/mol. The number of nitrogens with zero attached hydrogens (tertiary/aromatic N) is 1. The lowest BCUT2D eigenvalue weighted by atomic mass is 9.98. The normalized spacial score (nSPS) is 17.8. The predicted molar refractivity (Wildman–Crippen MR) is 105 cm³/mol. The number of amides is 2. The number of piperidine rings is 1. The number of ether oxygens (including phenoxy) is 2. The summed E-state index contributed by atoms with van der Waals surface area (Å²) in [4.78, 5) is 24.0. The van der Waals surface area contributed by atoms with E-state index in [1.807, 2.05) is 13.8 Å². The van der Waals surface area contributed by atoms with Crippen LogP contribution in [0, 0.1) is 11.8 Å². The molecule has 0 saturated carbocycles. The van der Waals surface area contributed by atoms with Crippen LogP contribution in [0.4, 0.5) is 0 Å². The summed E-state index contributed by atoms with van der Waals surface area (Å²) in [6.45, 7) is 5.11. The van der Waals surface area contributed by atoms with Crippen LogP contribution >= 0.6 is 0 Å². The Morgan fingerprint density at radius 1 is 1.10 bits per heavy atom. The fourth-order valence-electron chi connectivity index (χ4n) is 3.35. The number of fused-ring (bicyclic) bond motifs is 1. The van der Waals surface area contributed by atoms with E-state index in [1.165, 1.54) is 16.4 Å². The second-order valence-corrected chi connectivity index (χ2v) is 9.56. The zero-order valence-electron chi connectivity index (χ0n) is 16.6. The van der Waals surface area contributed by atoms with Crippen LogP contribution in [0.25, 0.3) is 0 Å². The minimum Gasteiger partial charge on any atom is -0.486 e. The van der Waals surface area contributed by atoms with E-state index in [2.05, 4.69) is 10.9 Å². The molecule has 0 unspecified atom stereocenters. The molecule has 2 aliphatic heterocycles. The molecule has 2 heterocycles. The van der Waals surface area contributed by atoms with Gasteiger partial charge in [0, 0.05) is 31.5 Å². The van der Waals surface area contributed by atoms with Crippen molar-refractivity contribution in [3.63, 3.8) is 0 Å². The third-order valence-electron chi connectivity index (χ3n) is 4.89. The van der Waals surface area contributed by atoms with Crippen LogP contribution in [-0.4, -0.2) is 50.8 Å². The van der Waals surface area contributed by atoms with Gasteiger partial charge in [-0.05, 0) is 30.9 Å².